The minimum atomic E-state index is -1.10. The van der Waals surface area contributed by atoms with Crippen LogP contribution in [-0.2, 0) is 16.1 Å². The molecule has 7 nitrogen and oxygen atoms in total. The van der Waals surface area contributed by atoms with E-state index < -0.39 is 23.5 Å². The molecule has 0 aliphatic rings. The second-order valence-electron chi connectivity index (χ2n) is 6.21. The van der Waals surface area contributed by atoms with Crippen molar-refractivity contribution in [2.24, 2.45) is 5.92 Å². The summed E-state index contributed by atoms with van der Waals surface area (Å²) in [6.45, 7) is 3.27. The Morgan fingerprint density at radius 3 is 2.44 bits per heavy atom. The van der Waals surface area contributed by atoms with Gasteiger partial charge >= 0.3 is 5.97 Å². The molecule has 0 saturated carbocycles. The summed E-state index contributed by atoms with van der Waals surface area (Å²) in [6.07, 6.45) is 2.59. The molecule has 144 valence electrons. The number of carboxylic acids is 1. The SMILES string of the molecule is CC[C@H](C)[C@@H](NC(=O)Cn1nc(-c2ccc(SC)cc2)ccc1=O)C(=O)O. The topological polar surface area (TPSA) is 101 Å². The van der Waals surface area contributed by atoms with Crippen LogP contribution in [0.2, 0.25) is 0 Å². The van der Waals surface area contributed by atoms with Crippen LogP contribution in [0.15, 0.2) is 46.1 Å². The first-order chi connectivity index (χ1) is 12.8. The summed E-state index contributed by atoms with van der Waals surface area (Å²) in [5.74, 6) is -1.88. The monoisotopic (exact) mass is 389 g/mol. The van der Waals surface area contributed by atoms with Gasteiger partial charge in [0.25, 0.3) is 5.56 Å². The molecule has 0 radical (unpaired) electrons. The van der Waals surface area contributed by atoms with Crippen molar-refractivity contribution in [1.29, 1.82) is 0 Å². The number of benzene rings is 1. The fraction of sp³-hybridized carbons (Fsp3) is 0.368. The highest BCUT2D eigenvalue weighted by Gasteiger charge is 2.25. The number of amides is 1. The van der Waals surface area contributed by atoms with Gasteiger partial charge in [-0.05, 0) is 30.4 Å². The maximum atomic E-state index is 12.3. The Morgan fingerprint density at radius 2 is 1.89 bits per heavy atom. The smallest absolute Gasteiger partial charge is 0.326 e. The minimum absolute atomic E-state index is 0.225. The van der Waals surface area contributed by atoms with Crippen molar-refractivity contribution < 1.29 is 14.7 Å². The molecule has 8 heteroatoms. The summed E-state index contributed by atoms with van der Waals surface area (Å²) in [5, 5.41) is 16.0. The first-order valence-corrected chi connectivity index (χ1v) is 9.83. The normalized spacial score (nSPS) is 13.0. The molecule has 0 bridgehead atoms. The highest BCUT2D eigenvalue weighted by Crippen LogP contribution is 2.20. The number of aliphatic carboxylic acids is 1. The standard InChI is InChI=1S/C19H23N3O4S/c1-4-12(2)18(19(25)26)20-16(23)11-22-17(24)10-9-15(21-22)13-5-7-14(27-3)8-6-13/h5-10,12,18H,4,11H2,1-3H3,(H,20,23)(H,25,26)/t12-,18+/m0/s1. The molecule has 0 fully saturated rings. The van der Waals surface area contributed by atoms with E-state index in [0.29, 0.717) is 12.1 Å². The van der Waals surface area contributed by atoms with Crippen LogP contribution in [0.3, 0.4) is 0 Å². The predicted molar refractivity (Wildman–Crippen MR) is 105 cm³/mol. The molecule has 27 heavy (non-hydrogen) atoms. The van der Waals surface area contributed by atoms with Crippen molar-refractivity contribution in [2.45, 2.75) is 37.8 Å². The number of carbonyl (C=O) groups is 2. The van der Waals surface area contributed by atoms with Gasteiger partial charge in [0.1, 0.15) is 12.6 Å². The summed E-state index contributed by atoms with van der Waals surface area (Å²) in [4.78, 5) is 36.8. The number of aromatic nitrogens is 2. The van der Waals surface area contributed by atoms with Gasteiger partial charge in [0.2, 0.25) is 5.91 Å². The summed E-state index contributed by atoms with van der Waals surface area (Å²) >= 11 is 1.62. The van der Waals surface area contributed by atoms with Crippen molar-refractivity contribution in [1.82, 2.24) is 15.1 Å². The lowest BCUT2D eigenvalue weighted by Gasteiger charge is -2.20. The predicted octanol–water partition coefficient (Wildman–Crippen LogP) is 2.25. The quantitative estimate of drug-likeness (QED) is 0.672. The van der Waals surface area contributed by atoms with Crippen LogP contribution in [-0.4, -0.2) is 39.1 Å². The van der Waals surface area contributed by atoms with Crippen LogP contribution < -0.4 is 10.9 Å². The van der Waals surface area contributed by atoms with E-state index in [1.54, 1.807) is 24.8 Å². The zero-order valence-electron chi connectivity index (χ0n) is 15.5. The first kappa shape index (κ1) is 20.7. The highest BCUT2D eigenvalue weighted by molar-refractivity contribution is 7.98. The van der Waals surface area contributed by atoms with E-state index in [1.165, 1.54) is 6.07 Å². The molecule has 0 spiro atoms. The van der Waals surface area contributed by atoms with Crippen molar-refractivity contribution in [2.75, 3.05) is 6.26 Å². The fourth-order valence-corrected chi connectivity index (χ4v) is 2.92. The van der Waals surface area contributed by atoms with Crippen LogP contribution in [0.5, 0.6) is 0 Å². The van der Waals surface area contributed by atoms with E-state index in [2.05, 4.69) is 10.4 Å². The van der Waals surface area contributed by atoms with Crippen LogP contribution in [0.4, 0.5) is 0 Å². The van der Waals surface area contributed by atoms with Crippen LogP contribution in [0, 0.1) is 5.92 Å². The molecule has 1 aromatic carbocycles. The lowest BCUT2D eigenvalue weighted by Crippen LogP contribution is -2.47. The van der Waals surface area contributed by atoms with Gasteiger partial charge in [0.05, 0.1) is 5.69 Å². The van der Waals surface area contributed by atoms with Gasteiger partial charge in [-0.2, -0.15) is 5.10 Å². The molecular weight excluding hydrogens is 366 g/mol. The Bertz CT molecular complexity index is 864. The van der Waals surface area contributed by atoms with Crippen molar-refractivity contribution in [3.05, 3.63) is 46.8 Å². The molecule has 1 aromatic heterocycles. The molecule has 0 aliphatic carbocycles. The number of nitrogens with one attached hydrogen (secondary N) is 1. The molecule has 0 saturated heterocycles. The molecule has 0 aliphatic heterocycles. The Hall–Kier alpha value is -2.61. The zero-order chi connectivity index (χ0) is 20.0. The second kappa shape index (κ2) is 9.36. The summed E-state index contributed by atoms with van der Waals surface area (Å²) < 4.78 is 1.04. The van der Waals surface area contributed by atoms with Gasteiger partial charge in [-0.3, -0.25) is 9.59 Å². The molecule has 0 unspecified atom stereocenters. The van der Waals surface area contributed by atoms with E-state index in [-0.39, 0.29) is 12.5 Å². The van der Waals surface area contributed by atoms with Gasteiger partial charge in [-0.25, -0.2) is 9.48 Å². The third-order valence-corrected chi connectivity index (χ3v) is 5.08. The number of carboxylic acid groups (broad SMARTS) is 1. The molecule has 2 rings (SSSR count). The van der Waals surface area contributed by atoms with Crippen molar-refractivity contribution in [3.8, 4) is 11.3 Å². The van der Waals surface area contributed by atoms with E-state index in [0.717, 1.165) is 15.1 Å². The number of thioether (sulfide) groups is 1. The number of hydrogen-bond donors (Lipinski definition) is 2. The molecule has 2 N–H and O–H groups in total. The van der Waals surface area contributed by atoms with Crippen LogP contribution in [0.25, 0.3) is 11.3 Å². The maximum Gasteiger partial charge on any atom is 0.326 e. The van der Waals surface area contributed by atoms with Gasteiger partial charge in [0.15, 0.2) is 0 Å². The van der Waals surface area contributed by atoms with E-state index >= 15 is 0 Å². The largest absolute Gasteiger partial charge is 0.480 e. The second-order valence-corrected chi connectivity index (χ2v) is 7.09. The average Bonchev–Trinajstić information content (AvgIpc) is 2.67. The third kappa shape index (κ3) is 5.43. The molecular formula is C19H23N3O4S. The summed E-state index contributed by atoms with van der Waals surface area (Å²) in [6, 6.07) is 9.64. The molecule has 2 aromatic rings. The minimum Gasteiger partial charge on any atom is -0.480 e. The zero-order valence-corrected chi connectivity index (χ0v) is 16.3. The Morgan fingerprint density at radius 1 is 1.22 bits per heavy atom. The van der Waals surface area contributed by atoms with Gasteiger partial charge < -0.3 is 10.4 Å². The van der Waals surface area contributed by atoms with E-state index in [4.69, 9.17) is 0 Å². The number of nitrogens with zero attached hydrogens (tertiary/aromatic N) is 2. The summed E-state index contributed by atoms with van der Waals surface area (Å²) in [7, 11) is 0. The Labute approximate surface area is 161 Å². The lowest BCUT2D eigenvalue weighted by atomic mass is 9.99. The van der Waals surface area contributed by atoms with Crippen molar-refractivity contribution in [3.63, 3.8) is 0 Å². The van der Waals surface area contributed by atoms with Gasteiger partial charge in [-0.1, -0.05) is 32.4 Å². The highest BCUT2D eigenvalue weighted by atomic mass is 32.2. The van der Waals surface area contributed by atoms with Crippen LogP contribution >= 0.6 is 11.8 Å². The number of rotatable bonds is 8. The number of carbonyl (C=O) groups excluding carboxylic acids is 1. The number of hydrogen-bond acceptors (Lipinski definition) is 5. The van der Waals surface area contributed by atoms with Crippen molar-refractivity contribution >= 4 is 23.6 Å². The van der Waals surface area contributed by atoms with Crippen LogP contribution in [0.1, 0.15) is 20.3 Å². The molecule has 1 amide bonds. The maximum absolute atomic E-state index is 12.3. The lowest BCUT2D eigenvalue weighted by molar-refractivity contribution is -0.143. The first-order valence-electron chi connectivity index (χ1n) is 8.60. The molecule has 2 atom stereocenters. The average molecular weight is 389 g/mol. The summed E-state index contributed by atoms with van der Waals surface area (Å²) in [5.41, 5.74) is 0.960. The van der Waals surface area contributed by atoms with Gasteiger partial charge in [-0.15, -0.1) is 11.8 Å². The fourth-order valence-electron chi connectivity index (χ4n) is 2.52. The van der Waals surface area contributed by atoms with E-state index in [9.17, 15) is 19.5 Å². The third-order valence-electron chi connectivity index (χ3n) is 4.34. The van der Waals surface area contributed by atoms with Gasteiger partial charge in [0, 0.05) is 16.5 Å². The van der Waals surface area contributed by atoms with E-state index in [1.807, 2.05) is 37.4 Å². The molecule has 1 heterocycles. The Kier molecular flexibility index (Phi) is 7.18. The Balaban J connectivity index is 2.19.